The standard InChI is InChI=1S/C11H8N2O4/c14-10(15)8-1-3-9(4-2-8)11(16)17-13-6-5-12-7-13/h1-7H,(H,14,15). The Labute approximate surface area is 96.0 Å². The molecule has 0 amide bonds. The van der Waals surface area contributed by atoms with E-state index >= 15 is 0 Å². The van der Waals surface area contributed by atoms with E-state index in [2.05, 4.69) is 4.98 Å². The zero-order valence-electron chi connectivity index (χ0n) is 8.61. The van der Waals surface area contributed by atoms with E-state index < -0.39 is 11.9 Å². The average molecular weight is 232 g/mol. The number of aromatic nitrogens is 2. The van der Waals surface area contributed by atoms with Crippen molar-refractivity contribution in [1.29, 1.82) is 0 Å². The number of imidazole rings is 1. The maximum absolute atomic E-state index is 11.6. The van der Waals surface area contributed by atoms with Crippen LogP contribution >= 0.6 is 0 Å². The minimum atomic E-state index is -1.04. The van der Waals surface area contributed by atoms with Crippen LogP contribution in [-0.4, -0.2) is 26.8 Å². The Kier molecular flexibility index (Phi) is 2.87. The molecule has 0 spiro atoms. The number of hydrogen-bond acceptors (Lipinski definition) is 4. The van der Waals surface area contributed by atoms with Crippen LogP contribution in [0.15, 0.2) is 43.0 Å². The summed E-state index contributed by atoms with van der Waals surface area (Å²) in [4.78, 5) is 30.8. The maximum Gasteiger partial charge on any atom is 0.363 e. The van der Waals surface area contributed by atoms with E-state index in [4.69, 9.17) is 9.94 Å². The van der Waals surface area contributed by atoms with Crippen LogP contribution in [0.3, 0.4) is 0 Å². The Morgan fingerprint density at radius 3 is 2.35 bits per heavy atom. The summed E-state index contributed by atoms with van der Waals surface area (Å²) in [5, 5.41) is 8.69. The molecule has 0 radical (unpaired) electrons. The lowest BCUT2D eigenvalue weighted by Gasteiger charge is -2.03. The summed E-state index contributed by atoms with van der Waals surface area (Å²) in [7, 11) is 0. The normalized spacial score (nSPS) is 9.88. The molecular formula is C11H8N2O4. The van der Waals surface area contributed by atoms with Crippen LogP contribution in [0, 0.1) is 0 Å². The topological polar surface area (TPSA) is 81.4 Å². The van der Waals surface area contributed by atoms with Gasteiger partial charge in [-0.15, -0.1) is 0 Å². The van der Waals surface area contributed by atoms with Gasteiger partial charge >= 0.3 is 11.9 Å². The van der Waals surface area contributed by atoms with E-state index in [1.807, 2.05) is 0 Å². The number of rotatable bonds is 3. The fourth-order valence-corrected chi connectivity index (χ4v) is 1.20. The molecule has 6 nitrogen and oxygen atoms in total. The predicted octanol–water partition coefficient (Wildman–Crippen LogP) is 0.850. The van der Waals surface area contributed by atoms with Crippen molar-refractivity contribution in [3.63, 3.8) is 0 Å². The number of carboxylic acids is 1. The van der Waals surface area contributed by atoms with Gasteiger partial charge in [-0.25, -0.2) is 14.6 Å². The minimum Gasteiger partial charge on any atom is -0.478 e. The van der Waals surface area contributed by atoms with Crippen molar-refractivity contribution in [3.05, 3.63) is 54.1 Å². The van der Waals surface area contributed by atoms with Crippen molar-refractivity contribution >= 4 is 11.9 Å². The van der Waals surface area contributed by atoms with Gasteiger partial charge in [0.2, 0.25) is 0 Å². The first-order valence-corrected chi connectivity index (χ1v) is 4.71. The summed E-state index contributed by atoms with van der Waals surface area (Å²) >= 11 is 0. The fraction of sp³-hybridized carbons (Fsp3) is 0. The Balaban J connectivity index is 2.12. The molecule has 6 heteroatoms. The van der Waals surface area contributed by atoms with Gasteiger partial charge in [-0.2, -0.15) is 4.73 Å². The van der Waals surface area contributed by atoms with Crippen LogP contribution in [0.1, 0.15) is 20.7 Å². The first-order valence-electron chi connectivity index (χ1n) is 4.71. The second-order valence-electron chi connectivity index (χ2n) is 3.18. The summed E-state index contributed by atoms with van der Waals surface area (Å²) in [5.74, 6) is -1.63. The summed E-state index contributed by atoms with van der Waals surface area (Å²) in [5.41, 5.74) is 0.382. The largest absolute Gasteiger partial charge is 0.478 e. The van der Waals surface area contributed by atoms with E-state index in [9.17, 15) is 9.59 Å². The molecule has 0 aliphatic heterocycles. The second kappa shape index (κ2) is 4.48. The van der Waals surface area contributed by atoms with Crippen molar-refractivity contribution < 1.29 is 19.5 Å². The first-order chi connectivity index (χ1) is 8.16. The molecule has 0 fully saturated rings. The summed E-state index contributed by atoms with van der Waals surface area (Å²) < 4.78 is 1.16. The molecule has 0 bridgehead atoms. The molecule has 0 saturated carbocycles. The van der Waals surface area contributed by atoms with E-state index in [1.165, 1.54) is 43.0 Å². The smallest absolute Gasteiger partial charge is 0.363 e. The van der Waals surface area contributed by atoms with Crippen LogP contribution in [0.2, 0.25) is 0 Å². The summed E-state index contributed by atoms with van der Waals surface area (Å²) in [6.07, 6.45) is 4.29. The minimum absolute atomic E-state index is 0.115. The molecule has 0 atom stereocenters. The lowest BCUT2D eigenvalue weighted by atomic mass is 10.1. The van der Waals surface area contributed by atoms with Crippen LogP contribution < -0.4 is 4.84 Å². The lowest BCUT2D eigenvalue weighted by molar-refractivity contribution is 0.0459. The molecule has 0 aliphatic carbocycles. The molecule has 17 heavy (non-hydrogen) atoms. The molecular weight excluding hydrogens is 224 g/mol. The van der Waals surface area contributed by atoms with E-state index in [0.29, 0.717) is 0 Å². The highest BCUT2D eigenvalue weighted by molar-refractivity contribution is 5.92. The molecule has 1 aromatic heterocycles. The number of nitrogens with zero attached hydrogens (tertiary/aromatic N) is 2. The third-order valence-electron chi connectivity index (χ3n) is 2.04. The zero-order chi connectivity index (χ0) is 12.3. The number of benzene rings is 1. The van der Waals surface area contributed by atoms with Crippen LogP contribution in [0.4, 0.5) is 0 Å². The zero-order valence-corrected chi connectivity index (χ0v) is 8.61. The molecule has 2 rings (SSSR count). The number of carbonyl (C=O) groups is 2. The maximum atomic E-state index is 11.6. The SMILES string of the molecule is O=C(O)c1ccc(C(=O)On2ccnc2)cc1. The third kappa shape index (κ3) is 2.49. The van der Waals surface area contributed by atoms with E-state index in [-0.39, 0.29) is 11.1 Å². The number of carbonyl (C=O) groups excluding carboxylic acids is 1. The summed E-state index contributed by atoms with van der Waals surface area (Å²) in [6, 6.07) is 5.46. The van der Waals surface area contributed by atoms with Gasteiger partial charge in [0.25, 0.3) is 0 Å². The fourth-order valence-electron chi connectivity index (χ4n) is 1.20. The van der Waals surface area contributed by atoms with E-state index in [1.54, 1.807) is 0 Å². The first kappa shape index (κ1) is 10.9. The van der Waals surface area contributed by atoms with Gasteiger partial charge < -0.3 is 9.94 Å². The number of hydrogen-bond donors (Lipinski definition) is 1. The van der Waals surface area contributed by atoms with Gasteiger partial charge in [0.05, 0.1) is 17.3 Å². The highest BCUT2D eigenvalue weighted by Crippen LogP contribution is 2.05. The molecule has 0 saturated heterocycles. The second-order valence-corrected chi connectivity index (χ2v) is 3.18. The van der Waals surface area contributed by atoms with E-state index in [0.717, 1.165) is 4.73 Å². The van der Waals surface area contributed by atoms with Gasteiger partial charge in [0.15, 0.2) is 0 Å². The van der Waals surface area contributed by atoms with Crippen molar-refractivity contribution in [2.45, 2.75) is 0 Å². The molecule has 2 aromatic rings. The van der Waals surface area contributed by atoms with Crippen molar-refractivity contribution in [2.24, 2.45) is 0 Å². The molecule has 86 valence electrons. The van der Waals surface area contributed by atoms with Gasteiger partial charge in [0, 0.05) is 6.20 Å². The monoisotopic (exact) mass is 232 g/mol. The highest BCUT2D eigenvalue weighted by Gasteiger charge is 2.09. The van der Waals surface area contributed by atoms with Crippen LogP contribution in [0.5, 0.6) is 0 Å². The van der Waals surface area contributed by atoms with Crippen molar-refractivity contribution in [2.75, 3.05) is 0 Å². The van der Waals surface area contributed by atoms with Crippen LogP contribution in [0.25, 0.3) is 0 Å². The molecule has 1 aromatic carbocycles. The van der Waals surface area contributed by atoms with Crippen molar-refractivity contribution in [3.8, 4) is 0 Å². The van der Waals surface area contributed by atoms with Gasteiger partial charge in [0.1, 0.15) is 6.33 Å². The van der Waals surface area contributed by atoms with Gasteiger partial charge in [-0.3, -0.25) is 0 Å². The Morgan fingerprint density at radius 2 is 1.82 bits per heavy atom. The molecule has 1 heterocycles. The quantitative estimate of drug-likeness (QED) is 0.848. The Morgan fingerprint density at radius 1 is 1.18 bits per heavy atom. The Hall–Kier alpha value is -2.63. The Bertz CT molecular complexity index is 531. The van der Waals surface area contributed by atoms with Crippen molar-refractivity contribution in [1.82, 2.24) is 9.71 Å². The summed E-state index contributed by atoms with van der Waals surface area (Å²) in [6.45, 7) is 0. The number of aromatic carboxylic acids is 1. The predicted molar refractivity (Wildman–Crippen MR) is 56.5 cm³/mol. The third-order valence-corrected chi connectivity index (χ3v) is 2.04. The van der Waals surface area contributed by atoms with Crippen LogP contribution in [-0.2, 0) is 0 Å². The lowest BCUT2D eigenvalue weighted by Crippen LogP contribution is -2.18. The molecule has 0 unspecified atom stereocenters. The highest BCUT2D eigenvalue weighted by atomic mass is 16.7. The average Bonchev–Trinajstić information content (AvgIpc) is 2.82. The van der Waals surface area contributed by atoms with Gasteiger partial charge in [-0.1, -0.05) is 0 Å². The van der Waals surface area contributed by atoms with Gasteiger partial charge in [-0.05, 0) is 24.3 Å². The number of carboxylic acid groups (broad SMARTS) is 1. The molecule has 1 N–H and O–H groups in total. The molecule has 0 aliphatic rings.